The standard InChI is InChI=1S/C14H12FN5O2.C6H14.C4H9NS/c1-7-9(13(16)22)5-20-12(7)14(17-6-18-20)19-10-3-2-8(15)4-11(10)21;1-3-5-6-4-2;1-3-6-4-2-5-1/h2-6,21H,1H3,(H2,16,22)(H,17,18,19);3-6H2,1-2H3;5H,1-4H2. The number of rotatable bonds is 6. The summed E-state index contributed by atoms with van der Waals surface area (Å²) in [5.74, 6) is 1.60. The van der Waals surface area contributed by atoms with Crippen LogP contribution < -0.4 is 16.4 Å². The summed E-state index contributed by atoms with van der Waals surface area (Å²) in [4.78, 5) is 15.5. The Kier molecular flexibility index (Phi) is 11.6. The fourth-order valence-electron chi connectivity index (χ4n) is 3.25. The van der Waals surface area contributed by atoms with E-state index in [0.29, 0.717) is 22.5 Å². The highest BCUT2D eigenvalue weighted by Gasteiger charge is 2.16. The van der Waals surface area contributed by atoms with Gasteiger partial charge in [0.2, 0.25) is 0 Å². The number of phenols is 1. The van der Waals surface area contributed by atoms with E-state index in [9.17, 15) is 14.3 Å². The minimum atomic E-state index is -0.571. The van der Waals surface area contributed by atoms with Crippen LogP contribution >= 0.6 is 11.8 Å². The summed E-state index contributed by atoms with van der Waals surface area (Å²) >= 11 is 2.03. The number of fused-ring (bicyclic) bond motifs is 1. The number of thioether (sulfide) groups is 1. The van der Waals surface area contributed by atoms with E-state index in [2.05, 4.69) is 34.6 Å². The molecule has 0 aliphatic carbocycles. The molecule has 0 spiro atoms. The second-order valence-electron chi connectivity index (χ2n) is 7.79. The molecule has 1 aliphatic rings. The predicted octanol–water partition coefficient (Wildman–Crippen LogP) is 4.63. The molecule has 10 heteroatoms. The molecule has 2 aromatic heterocycles. The molecule has 1 aromatic carbocycles. The number of aromatic hydroxyl groups is 1. The predicted molar refractivity (Wildman–Crippen MR) is 138 cm³/mol. The number of halogens is 1. The quantitative estimate of drug-likeness (QED) is 0.294. The minimum Gasteiger partial charge on any atom is -0.506 e. The Hall–Kier alpha value is -2.85. The zero-order chi connectivity index (χ0) is 24.9. The highest BCUT2D eigenvalue weighted by atomic mass is 32.2. The largest absolute Gasteiger partial charge is 0.506 e. The Morgan fingerprint density at radius 2 is 1.94 bits per heavy atom. The molecule has 4 rings (SSSR count). The molecule has 34 heavy (non-hydrogen) atoms. The van der Waals surface area contributed by atoms with E-state index in [1.54, 1.807) is 6.92 Å². The summed E-state index contributed by atoms with van der Waals surface area (Å²) in [7, 11) is 0. The Balaban J connectivity index is 0.000000279. The monoisotopic (exact) mass is 490 g/mol. The number of nitrogens with zero attached hydrogens (tertiary/aromatic N) is 3. The van der Waals surface area contributed by atoms with E-state index >= 15 is 0 Å². The van der Waals surface area contributed by atoms with Gasteiger partial charge in [0.1, 0.15) is 23.4 Å². The topological polar surface area (TPSA) is 118 Å². The van der Waals surface area contributed by atoms with Gasteiger partial charge in [0.15, 0.2) is 5.82 Å². The number of nitrogens with one attached hydrogen (secondary N) is 2. The third-order valence-electron chi connectivity index (χ3n) is 5.11. The van der Waals surface area contributed by atoms with Crippen molar-refractivity contribution in [3.8, 4) is 5.75 Å². The Labute approximate surface area is 204 Å². The Morgan fingerprint density at radius 1 is 1.26 bits per heavy atom. The molecule has 1 aliphatic heterocycles. The minimum absolute atomic E-state index is 0.254. The molecule has 0 bridgehead atoms. The van der Waals surface area contributed by atoms with E-state index in [4.69, 9.17) is 5.73 Å². The number of hydrogen-bond donors (Lipinski definition) is 4. The fourth-order valence-corrected chi connectivity index (χ4v) is 4.04. The number of benzene rings is 1. The van der Waals surface area contributed by atoms with Gasteiger partial charge in [0.25, 0.3) is 5.91 Å². The van der Waals surface area contributed by atoms with Gasteiger partial charge in [-0.2, -0.15) is 16.9 Å². The number of primary amides is 1. The van der Waals surface area contributed by atoms with Crippen LogP contribution in [0.5, 0.6) is 5.75 Å². The maximum atomic E-state index is 13.0. The van der Waals surface area contributed by atoms with Crippen LogP contribution in [-0.2, 0) is 0 Å². The lowest BCUT2D eigenvalue weighted by molar-refractivity contribution is 0.1000. The van der Waals surface area contributed by atoms with Crippen molar-refractivity contribution in [3.63, 3.8) is 0 Å². The number of hydrogen-bond acceptors (Lipinski definition) is 7. The van der Waals surface area contributed by atoms with Crippen molar-refractivity contribution < 1.29 is 14.3 Å². The van der Waals surface area contributed by atoms with Crippen molar-refractivity contribution in [2.45, 2.75) is 46.5 Å². The van der Waals surface area contributed by atoms with E-state index in [1.165, 1.54) is 79.5 Å². The van der Waals surface area contributed by atoms with Gasteiger partial charge < -0.3 is 21.5 Å². The van der Waals surface area contributed by atoms with Crippen LogP contribution in [0.15, 0.2) is 30.7 Å². The van der Waals surface area contributed by atoms with Gasteiger partial charge in [-0.05, 0) is 24.6 Å². The van der Waals surface area contributed by atoms with E-state index in [-0.39, 0.29) is 11.4 Å². The average Bonchev–Trinajstić information content (AvgIpc) is 3.19. The number of carbonyl (C=O) groups is 1. The van der Waals surface area contributed by atoms with Gasteiger partial charge in [0, 0.05) is 36.9 Å². The zero-order valence-electron chi connectivity index (χ0n) is 20.1. The van der Waals surface area contributed by atoms with Crippen molar-refractivity contribution in [1.29, 1.82) is 0 Å². The fraction of sp³-hybridized carbons (Fsp3) is 0.458. The molecule has 1 saturated heterocycles. The lowest BCUT2D eigenvalue weighted by Crippen LogP contribution is -2.24. The first-order chi connectivity index (χ1) is 16.4. The molecule has 5 N–H and O–H groups in total. The number of phenolic OH excluding ortho intramolecular Hbond substituents is 1. The smallest absolute Gasteiger partial charge is 0.250 e. The van der Waals surface area contributed by atoms with Crippen LogP contribution in [0.4, 0.5) is 15.9 Å². The molecular formula is C24H35FN6O2S. The van der Waals surface area contributed by atoms with Gasteiger partial charge in [0.05, 0.1) is 11.3 Å². The summed E-state index contributed by atoms with van der Waals surface area (Å²) in [5, 5.41) is 19.9. The number of anilines is 2. The number of amides is 1. The Morgan fingerprint density at radius 3 is 2.44 bits per heavy atom. The number of carbonyl (C=O) groups excluding carboxylic acids is 1. The molecule has 1 fully saturated rings. The molecule has 186 valence electrons. The Bertz CT molecular complexity index is 1040. The van der Waals surface area contributed by atoms with Crippen LogP contribution in [0.3, 0.4) is 0 Å². The molecule has 3 heterocycles. The maximum Gasteiger partial charge on any atom is 0.250 e. The third-order valence-corrected chi connectivity index (χ3v) is 6.09. The molecule has 8 nitrogen and oxygen atoms in total. The van der Waals surface area contributed by atoms with Crippen LogP contribution in [-0.4, -0.2) is 50.2 Å². The summed E-state index contributed by atoms with van der Waals surface area (Å²) in [6.07, 6.45) is 8.33. The first-order valence-electron chi connectivity index (χ1n) is 11.6. The van der Waals surface area contributed by atoms with Gasteiger partial charge in [-0.3, -0.25) is 4.79 Å². The second kappa shape index (κ2) is 14.4. The van der Waals surface area contributed by atoms with Crippen LogP contribution in [0.25, 0.3) is 5.52 Å². The van der Waals surface area contributed by atoms with E-state index in [0.717, 1.165) is 6.07 Å². The van der Waals surface area contributed by atoms with Gasteiger partial charge in [-0.1, -0.05) is 39.5 Å². The molecule has 0 unspecified atom stereocenters. The van der Waals surface area contributed by atoms with Crippen molar-refractivity contribution in [2.75, 3.05) is 29.9 Å². The third kappa shape index (κ3) is 8.18. The summed E-state index contributed by atoms with van der Waals surface area (Å²) < 4.78 is 14.5. The second-order valence-corrected chi connectivity index (χ2v) is 9.01. The molecule has 0 atom stereocenters. The SMILES string of the molecule is C1CSCCN1.CCCCCC.Cc1c(C(N)=O)cn2ncnc(Nc3ccc(F)cc3O)c12. The van der Waals surface area contributed by atoms with Gasteiger partial charge >= 0.3 is 0 Å². The van der Waals surface area contributed by atoms with E-state index in [1.807, 2.05) is 11.8 Å². The van der Waals surface area contributed by atoms with Crippen LogP contribution in [0.2, 0.25) is 0 Å². The van der Waals surface area contributed by atoms with E-state index < -0.39 is 11.7 Å². The lowest BCUT2D eigenvalue weighted by atomic mass is 10.2. The van der Waals surface area contributed by atoms with Gasteiger partial charge in [-0.25, -0.2) is 13.9 Å². The number of nitrogens with two attached hydrogens (primary N) is 1. The zero-order valence-corrected chi connectivity index (χ0v) is 20.9. The summed E-state index contributed by atoms with van der Waals surface area (Å²) in [5.41, 5.74) is 7.08. The maximum absolute atomic E-state index is 13.0. The number of aromatic nitrogens is 3. The molecular weight excluding hydrogens is 455 g/mol. The molecule has 0 saturated carbocycles. The summed E-state index contributed by atoms with van der Waals surface area (Å²) in [6, 6.07) is 3.58. The van der Waals surface area contributed by atoms with Crippen LogP contribution in [0, 0.1) is 12.7 Å². The van der Waals surface area contributed by atoms with Crippen molar-refractivity contribution in [2.24, 2.45) is 5.73 Å². The number of aryl methyl sites for hydroxylation is 1. The van der Waals surface area contributed by atoms with Crippen molar-refractivity contribution in [1.82, 2.24) is 19.9 Å². The normalized spacial score (nSPS) is 12.8. The van der Waals surface area contributed by atoms with Crippen LogP contribution in [0.1, 0.15) is 55.5 Å². The highest BCUT2D eigenvalue weighted by molar-refractivity contribution is 7.99. The number of unbranched alkanes of at least 4 members (excludes halogenated alkanes) is 3. The van der Waals surface area contributed by atoms with Gasteiger partial charge in [-0.15, -0.1) is 0 Å². The lowest BCUT2D eigenvalue weighted by Gasteiger charge is -2.09. The first kappa shape index (κ1) is 27.4. The highest BCUT2D eigenvalue weighted by Crippen LogP contribution is 2.30. The van der Waals surface area contributed by atoms with Crippen molar-refractivity contribution >= 4 is 34.7 Å². The molecule has 3 aromatic rings. The first-order valence-corrected chi connectivity index (χ1v) is 12.7. The average molecular weight is 491 g/mol. The summed E-state index contributed by atoms with van der Waals surface area (Å²) in [6.45, 7) is 8.61. The molecule has 0 radical (unpaired) electrons. The molecule has 1 amide bonds. The van der Waals surface area contributed by atoms with Crippen molar-refractivity contribution in [3.05, 3.63) is 47.7 Å².